The topological polar surface area (TPSA) is 75.7 Å². The molecule has 118 valence electrons. The van der Waals surface area contributed by atoms with E-state index < -0.39 is 0 Å². The summed E-state index contributed by atoms with van der Waals surface area (Å²) in [6.45, 7) is 2.48. The van der Waals surface area contributed by atoms with Crippen molar-refractivity contribution in [3.8, 4) is 0 Å². The van der Waals surface area contributed by atoms with E-state index in [0.29, 0.717) is 6.61 Å². The van der Waals surface area contributed by atoms with Gasteiger partial charge in [0.15, 0.2) is 0 Å². The molecule has 2 aliphatic rings. The zero-order chi connectivity index (χ0) is 15.4. The van der Waals surface area contributed by atoms with Gasteiger partial charge in [0.05, 0.1) is 18.4 Å². The van der Waals surface area contributed by atoms with Crippen LogP contribution in [0.1, 0.15) is 39.0 Å². The molecule has 1 N–H and O–H groups in total. The second-order valence-electron chi connectivity index (χ2n) is 6.00. The van der Waals surface area contributed by atoms with E-state index in [-0.39, 0.29) is 48.6 Å². The number of hydrogen-bond donors (Lipinski definition) is 1. The summed E-state index contributed by atoms with van der Waals surface area (Å²) in [7, 11) is 1.58. The van der Waals surface area contributed by atoms with Crippen LogP contribution in [0.3, 0.4) is 0 Å². The van der Waals surface area contributed by atoms with E-state index in [1.165, 1.54) is 4.90 Å². The number of ether oxygens (including phenoxy) is 1. The van der Waals surface area contributed by atoms with Gasteiger partial charge >= 0.3 is 0 Å². The number of methoxy groups -OCH3 is 1. The number of nitrogens with one attached hydrogen (secondary N) is 1. The second-order valence-corrected chi connectivity index (χ2v) is 6.00. The summed E-state index contributed by atoms with van der Waals surface area (Å²) in [5.41, 5.74) is 0. The van der Waals surface area contributed by atoms with Crippen molar-refractivity contribution in [2.45, 2.75) is 45.1 Å². The van der Waals surface area contributed by atoms with Gasteiger partial charge in [-0.3, -0.25) is 19.3 Å². The number of carbonyl (C=O) groups excluding carboxylic acids is 3. The summed E-state index contributed by atoms with van der Waals surface area (Å²) >= 11 is 0. The maximum absolute atomic E-state index is 12.2. The van der Waals surface area contributed by atoms with Crippen molar-refractivity contribution in [3.63, 3.8) is 0 Å². The molecule has 0 aromatic heterocycles. The van der Waals surface area contributed by atoms with E-state index >= 15 is 0 Å². The Balaban J connectivity index is 1.84. The first-order chi connectivity index (χ1) is 10.0. The van der Waals surface area contributed by atoms with Crippen LogP contribution < -0.4 is 5.32 Å². The summed E-state index contributed by atoms with van der Waals surface area (Å²) in [5.74, 6) is -0.594. The number of amides is 3. The van der Waals surface area contributed by atoms with E-state index in [4.69, 9.17) is 4.74 Å². The van der Waals surface area contributed by atoms with Gasteiger partial charge in [0, 0.05) is 26.1 Å². The number of nitrogens with zero attached hydrogens (tertiary/aromatic N) is 1. The molecule has 3 amide bonds. The van der Waals surface area contributed by atoms with Gasteiger partial charge in [0.1, 0.15) is 0 Å². The van der Waals surface area contributed by atoms with Crippen LogP contribution in [-0.4, -0.2) is 48.9 Å². The van der Waals surface area contributed by atoms with Gasteiger partial charge in [-0.1, -0.05) is 12.8 Å². The van der Waals surface area contributed by atoms with Crippen LogP contribution in [-0.2, 0) is 19.1 Å². The molecule has 1 heterocycles. The zero-order valence-corrected chi connectivity index (χ0v) is 12.8. The van der Waals surface area contributed by atoms with Gasteiger partial charge in [0.25, 0.3) is 0 Å². The molecule has 2 fully saturated rings. The molecule has 1 saturated carbocycles. The van der Waals surface area contributed by atoms with Crippen LogP contribution in [0.25, 0.3) is 0 Å². The molecule has 6 heteroatoms. The van der Waals surface area contributed by atoms with E-state index in [9.17, 15) is 14.4 Å². The molecule has 0 aromatic carbocycles. The molecule has 0 bridgehead atoms. The first kappa shape index (κ1) is 15.9. The fourth-order valence-corrected chi connectivity index (χ4v) is 3.30. The maximum Gasteiger partial charge on any atom is 0.233 e. The van der Waals surface area contributed by atoms with Crippen molar-refractivity contribution in [2.24, 2.45) is 11.8 Å². The summed E-state index contributed by atoms with van der Waals surface area (Å²) < 4.78 is 4.95. The number of hydrogen-bond acceptors (Lipinski definition) is 4. The minimum atomic E-state index is -0.157. The molecule has 1 aliphatic heterocycles. The lowest BCUT2D eigenvalue weighted by atomic mass is 9.81. The van der Waals surface area contributed by atoms with Crippen molar-refractivity contribution in [2.75, 3.05) is 20.3 Å². The minimum Gasteiger partial charge on any atom is -0.383 e. The van der Waals surface area contributed by atoms with Crippen molar-refractivity contribution < 1.29 is 19.1 Å². The maximum atomic E-state index is 12.2. The lowest BCUT2D eigenvalue weighted by molar-refractivity contribution is -0.140. The van der Waals surface area contributed by atoms with E-state index in [2.05, 4.69) is 5.32 Å². The lowest BCUT2D eigenvalue weighted by Crippen LogP contribution is -2.39. The molecule has 0 aromatic rings. The monoisotopic (exact) mass is 296 g/mol. The third kappa shape index (κ3) is 3.61. The second kappa shape index (κ2) is 7.02. The number of imide groups is 1. The Morgan fingerprint density at radius 3 is 2.38 bits per heavy atom. The predicted octanol–water partition coefficient (Wildman–Crippen LogP) is 0.703. The van der Waals surface area contributed by atoms with E-state index in [0.717, 1.165) is 25.7 Å². The fourth-order valence-electron chi connectivity index (χ4n) is 3.30. The SMILES string of the molecule is COCC(C)NC(=O)CCN1C(=O)C2CCCCC2C1=O. The third-order valence-electron chi connectivity index (χ3n) is 4.32. The molecule has 2 rings (SSSR count). The van der Waals surface area contributed by atoms with Crippen LogP contribution in [0.4, 0.5) is 0 Å². The Kier molecular flexibility index (Phi) is 5.33. The average Bonchev–Trinajstić information content (AvgIpc) is 2.70. The number of carbonyl (C=O) groups is 3. The van der Waals surface area contributed by atoms with Gasteiger partial charge in [-0.05, 0) is 19.8 Å². The quantitative estimate of drug-likeness (QED) is 0.732. The zero-order valence-electron chi connectivity index (χ0n) is 12.8. The summed E-state index contributed by atoms with van der Waals surface area (Å²) in [5, 5.41) is 2.78. The highest BCUT2D eigenvalue weighted by Gasteiger charge is 2.47. The average molecular weight is 296 g/mol. The highest BCUT2D eigenvalue weighted by atomic mass is 16.5. The highest BCUT2D eigenvalue weighted by molar-refractivity contribution is 6.05. The largest absolute Gasteiger partial charge is 0.383 e. The van der Waals surface area contributed by atoms with Crippen LogP contribution in [0.2, 0.25) is 0 Å². The molecule has 0 radical (unpaired) electrons. The first-order valence-electron chi connectivity index (χ1n) is 7.68. The number of likely N-dealkylation sites (tertiary alicyclic amines) is 1. The van der Waals surface area contributed by atoms with Gasteiger partial charge in [-0.2, -0.15) is 0 Å². The molecule has 1 aliphatic carbocycles. The Bertz CT molecular complexity index is 400. The van der Waals surface area contributed by atoms with E-state index in [1.807, 2.05) is 6.92 Å². The smallest absolute Gasteiger partial charge is 0.233 e. The van der Waals surface area contributed by atoms with Crippen molar-refractivity contribution in [3.05, 3.63) is 0 Å². The standard InChI is InChI=1S/C15H24N2O4/c1-10(9-21-2)16-13(18)7-8-17-14(19)11-5-3-4-6-12(11)15(17)20/h10-12H,3-9H2,1-2H3,(H,16,18). The Morgan fingerprint density at radius 2 is 1.86 bits per heavy atom. The molecule has 1 saturated heterocycles. The van der Waals surface area contributed by atoms with Gasteiger partial charge < -0.3 is 10.1 Å². The van der Waals surface area contributed by atoms with Gasteiger partial charge in [-0.15, -0.1) is 0 Å². The lowest BCUT2D eigenvalue weighted by Gasteiger charge is -2.19. The van der Waals surface area contributed by atoms with Crippen molar-refractivity contribution in [1.29, 1.82) is 0 Å². The van der Waals surface area contributed by atoms with Crippen molar-refractivity contribution >= 4 is 17.7 Å². The summed E-state index contributed by atoms with van der Waals surface area (Å²) in [6.07, 6.45) is 3.81. The Morgan fingerprint density at radius 1 is 1.29 bits per heavy atom. The third-order valence-corrected chi connectivity index (χ3v) is 4.32. The van der Waals surface area contributed by atoms with Crippen LogP contribution >= 0.6 is 0 Å². The molecule has 3 atom stereocenters. The molecule has 0 spiro atoms. The number of rotatable bonds is 6. The van der Waals surface area contributed by atoms with Gasteiger partial charge in [-0.25, -0.2) is 0 Å². The van der Waals surface area contributed by atoms with Gasteiger partial charge in [0.2, 0.25) is 17.7 Å². The van der Waals surface area contributed by atoms with E-state index in [1.54, 1.807) is 7.11 Å². The normalized spacial score (nSPS) is 26.7. The summed E-state index contributed by atoms with van der Waals surface area (Å²) in [6, 6.07) is -0.0740. The van der Waals surface area contributed by atoms with Crippen LogP contribution in [0.15, 0.2) is 0 Å². The number of fused-ring (bicyclic) bond motifs is 1. The molecule has 3 unspecified atom stereocenters. The Labute approximate surface area is 125 Å². The molecule has 6 nitrogen and oxygen atoms in total. The Hall–Kier alpha value is -1.43. The van der Waals surface area contributed by atoms with Crippen LogP contribution in [0, 0.1) is 11.8 Å². The molecular weight excluding hydrogens is 272 g/mol. The molecule has 21 heavy (non-hydrogen) atoms. The van der Waals surface area contributed by atoms with Crippen LogP contribution in [0.5, 0.6) is 0 Å². The first-order valence-corrected chi connectivity index (χ1v) is 7.68. The van der Waals surface area contributed by atoms with Crippen molar-refractivity contribution in [1.82, 2.24) is 10.2 Å². The fraction of sp³-hybridized carbons (Fsp3) is 0.800. The molecular formula is C15H24N2O4. The summed E-state index contributed by atoms with van der Waals surface area (Å²) in [4.78, 5) is 37.6. The minimum absolute atomic E-state index is 0.0740. The highest BCUT2D eigenvalue weighted by Crippen LogP contribution is 2.37. The predicted molar refractivity (Wildman–Crippen MR) is 76.3 cm³/mol.